The van der Waals surface area contributed by atoms with Gasteiger partial charge >= 0.3 is 0 Å². The summed E-state index contributed by atoms with van der Waals surface area (Å²) in [6.45, 7) is 6.44. The Balaban J connectivity index is 1.19. The fourth-order valence-corrected chi connectivity index (χ4v) is 7.66. The lowest BCUT2D eigenvalue weighted by molar-refractivity contribution is -0.119. The molecular weight excluding hydrogens is 470 g/mol. The van der Waals surface area contributed by atoms with E-state index in [0.29, 0.717) is 36.2 Å². The molecular formula is C34H49NO3. The fourth-order valence-electron chi connectivity index (χ4n) is 7.66. The summed E-state index contributed by atoms with van der Waals surface area (Å²) in [6, 6.07) is 8.25. The van der Waals surface area contributed by atoms with Crippen molar-refractivity contribution in [1.29, 1.82) is 5.41 Å². The summed E-state index contributed by atoms with van der Waals surface area (Å²) in [6.07, 6.45) is 14.4. The van der Waals surface area contributed by atoms with Gasteiger partial charge in [0.05, 0.1) is 0 Å². The highest BCUT2D eigenvalue weighted by Gasteiger charge is 2.42. The Labute approximate surface area is 230 Å². The number of nitrogens with one attached hydrogen (secondary N) is 1. The molecule has 2 saturated carbocycles. The number of carbonyl (C=O) groups is 2. The summed E-state index contributed by atoms with van der Waals surface area (Å²) in [5, 5.41) is 18.1. The molecule has 0 radical (unpaired) electrons. The van der Waals surface area contributed by atoms with Crippen molar-refractivity contribution >= 4 is 22.9 Å². The van der Waals surface area contributed by atoms with E-state index in [4.69, 9.17) is 5.41 Å². The summed E-state index contributed by atoms with van der Waals surface area (Å²) < 4.78 is 0. The number of fused-ring (bicyclic) bond motifs is 3. The maximum Gasteiger partial charge on any atom is 0.168 e. The summed E-state index contributed by atoms with van der Waals surface area (Å²) in [7, 11) is 0. The first-order chi connectivity index (χ1) is 18.2. The average molecular weight is 520 g/mol. The number of allylic oxidation sites excluding steroid dienone is 2. The van der Waals surface area contributed by atoms with Crippen LogP contribution in [0.4, 0.5) is 0 Å². The quantitative estimate of drug-likeness (QED) is 0.231. The topological polar surface area (TPSA) is 78.2 Å². The molecule has 1 aromatic rings. The molecule has 0 spiro atoms. The predicted octanol–water partition coefficient (Wildman–Crippen LogP) is 7.93. The second-order valence-electron chi connectivity index (χ2n) is 13.3. The fraction of sp³-hybridized carbons (Fsp3) is 0.676. The smallest absolute Gasteiger partial charge is 0.168 e. The number of ketones is 2. The van der Waals surface area contributed by atoms with Gasteiger partial charge in [-0.3, -0.25) is 9.59 Å². The van der Waals surface area contributed by atoms with E-state index in [1.54, 1.807) is 0 Å². The van der Waals surface area contributed by atoms with E-state index in [1.807, 2.05) is 6.07 Å². The van der Waals surface area contributed by atoms with Crippen LogP contribution in [-0.2, 0) is 9.59 Å². The average Bonchev–Trinajstić information content (AvgIpc) is 3.37. The Hall–Kier alpha value is -2.07. The Morgan fingerprint density at radius 1 is 1.05 bits per heavy atom. The van der Waals surface area contributed by atoms with Crippen LogP contribution in [0.3, 0.4) is 0 Å². The van der Waals surface area contributed by atoms with E-state index in [-0.39, 0.29) is 24.2 Å². The van der Waals surface area contributed by atoms with Crippen molar-refractivity contribution in [3.63, 3.8) is 0 Å². The SMILES string of the molecule is CCC1C=C(C(=O)CC(=N)C[C@@H]2C[C@H]3CC[C@@H](C2)C3CCCC(=O)CCCC(C)(C)CO)c2ccccc21. The first kappa shape index (κ1) is 28.9. The minimum Gasteiger partial charge on any atom is -0.396 e. The van der Waals surface area contributed by atoms with Crippen LogP contribution in [-0.4, -0.2) is 29.0 Å². The summed E-state index contributed by atoms with van der Waals surface area (Å²) in [5.41, 5.74) is 3.67. The van der Waals surface area contributed by atoms with Crippen LogP contribution in [0.1, 0.15) is 121 Å². The minimum absolute atomic E-state index is 0.0842. The molecule has 0 saturated heterocycles. The van der Waals surface area contributed by atoms with Gasteiger partial charge in [-0.1, -0.05) is 51.1 Å². The maximum absolute atomic E-state index is 13.2. The summed E-state index contributed by atoms with van der Waals surface area (Å²) in [4.78, 5) is 25.6. The lowest BCUT2D eigenvalue weighted by Gasteiger charge is -2.35. The van der Waals surface area contributed by atoms with Gasteiger partial charge < -0.3 is 10.5 Å². The van der Waals surface area contributed by atoms with Gasteiger partial charge in [-0.05, 0) is 104 Å². The van der Waals surface area contributed by atoms with E-state index >= 15 is 0 Å². The Morgan fingerprint density at radius 3 is 2.42 bits per heavy atom. The molecule has 0 aromatic heterocycles. The molecule has 38 heavy (non-hydrogen) atoms. The number of rotatable bonds is 15. The first-order valence-corrected chi connectivity index (χ1v) is 15.2. The number of aliphatic hydroxyl groups excluding tert-OH is 1. The molecule has 0 amide bonds. The van der Waals surface area contributed by atoms with E-state index in [0.717, 1.165) is 67.4 Å². The molecule has 3 aliphatic rings. The van der Waals surface area contributed by atoms with Crippen LogP contribution in [0, 0.1) is 34.5 Å². The molecule has 3 aliphatic carbocycles. The van der Waals surface area contributed by atoms with Gasteiger partial charge in [-0.25, -0.2) is 0 Å². The zero-order valence-electron chi connectivity index (χ0n) is 23.9. The normalized spacial score (nSPS) is 26.2. The molecule has 2 unspecified atom stereocenters. The molecule has 4 rings (SSSR count). The molecule has 1 aromatic carbocycles. The van der Waals surface area contributed by atoms with Gasteiger partial charge in [0.25, 0.3) is 0 Å². The lowest BCUT2D eigenvalue weighted by Crippen LogP contribution is -2.28. The van der Waals surface area contributed by atoms with Gasteiger partial charge in [-0.15, -0.1) is 0 Å². The third kappa shape index (κ3) is 7.11. The van der Waals surface area contributed by atoms with Crippen molar-refractivity contribution in [2.75, 3.05) is 6.61 Å². The number of benzene rings is 1. The molecule has 0 aliphatic heterocycles. The van der Waals surface area contributed by atoms with Gasteiger partial charge in [0.1, 0.15) is 5.78 Å². The van der Waals surface area contributed by atoms with Crippen LogP contribution in [0.5, 0.6) is 0 Å². The molecule has 2 bridgehead atoms. The van der Waals surface area contributed by atoms with Crippen molar-refractivity contribution in [2.45, 2.75) is 110 Å². The Morgan fingerprint density at radius 2 is 1.74 bits per heavy atom. The highest BCUT2D eigenvalue weighted by molar-refractivity contribution is 6.27. The molecule has 0 heterocycles. The van der Waals surface area contributed by atoms with Gasteiger partial charge in [0.15, 0.2) is 5.78 Å². The molecule has 208 valence electrons. The largest absolute Gasteiger partial charge is 0.396 e. The Kier molecular flexibility index (Phi) is 9.79. The first-order valence-electron chi connectivity index (χ1n) is 15.2. The van der Waals surface area contributed by atoms with Crippen LogP contribution < -0.4 is 0 Å². The summed E-state index contributed by atoms with van der Waals surface area (Å²) in [5.74, 6) is 3.56. The van der Waals surface area contributed by atoms with Gasteiger partial charge in [0.2, 0.25) is 0 Å². The highest BCUT2D eigenvalue weighted by Crippen LogP contribution is 2.52. The molecule has 5 atom stereocenters. The maximum atomic E-state index is 13.2. The third-order valence-electron chi connectivity index (χ3n) is 9.79. The lowest BCUT2D eigenvalue weighted by atomic mass is 9.70. The number of hydrogen-bond donors (Lipinski definition) is 2. The highest BCUT2D eigenvalue weighted by atomic mass is 16.3. The molecule has 2 N–H and O–H groups in total. The monoisotopic (exact) mass is 519 g/mol. The number of hydrogen-bond acceptors (Lipinski definition) is 4. The molecule has 4 nitrogen and oxygen atoms in total. The minimum atomic E-state index is -0.0842. The standard InChI is InChI=1S/C34H49NO3/c1-4-24-20-32(31-12-6-5-11-30(24)31)33(38)21-27(35)19-23-17-25-14-15-26(18-23)29(25)13-7-9-28(37)10-8-16-34(2,3)22-36/h5-6,11-12,20,23-26,29,35-36H,4,7-10,13-19,21-22H2,1-3H3/t23-,24?,25-,26+,29?. The molecule has 4 heteroatoms. The van der Waals surface area contributed by atoms with Crippen LogP contribution in [0.15, 0.2) is 30.3 Å². The summed E-state index contributed by atoms with van der Waals surface area (Å²) >= 11 is 0. The van der Waals surface area contributed by atoms with E-state index < -0.39 is 0 Å². The van der Waals surface area contributed by atoms with E-state index in [2.05, 4.69) is 45.0 Å². The zero-order chi connectivity index (χ0) is 27.3. The van der Waals surface area contributed by atoms with E-state index in [1.165, 1.54) is 31.2 Å². The second-order valence-corrected chi connectivity index (χ2v) is 13.3. The third-order valence-corrected chi connectivity index (χ3v) is 9.79. The van der Waals surface area contributed by atoms with E-state index in [9.17, 15) is 14.7 Å². The Bertz CT molecular complexity index is 1020. The van der Waals surface area contributed by atoms with Crippen LogP contribution in [0.25, 0.3) is 5.57 Å². The van der Waals surface area contributed by atoms with Gasteiger partial charge in [-0.2, -0.15) is 0 Å². The van der Waals surface area contributed by atoms with Crippen molar-refractivity contribution in [1.82, 2.24) is 0 Å². The zero-order valence-corrected chi connectivity index (χ0v) is 23.9. The number of Topliss-reactive ketones (excluding diaryl/α,β-unsaturated/α-hetero) is 2. The van der Waals surface area contributed by atoms with Crippen LogP contribution >= 0.6 is 0 Å². The van der Waals surface area contributed by atoms with Crippen molar-refractivity contribution in [3.8, 4) is 0 Å². The molecule has 2 fully saturated rings. The second kappa shape index (κ2) is 12.9. The van der Waals surface area contributed by atoms with Crippen molar-refractivity contribution < 1.29 is 14.7 Å². The van der Waals surface area contributed by atoms with Crippen LogP contribution in [0.2, 0.25) is 0 Å². The van der Waals surface area contributed by atoms with Crippen molar-refractivity contribution in [3.05, 3.63) is 41.5 Å². The number of carbonyl (C=O) groups excluding carboxylic acids is 2. The van der Waals surface area contributed by atoms with Crippen molar-refractivity contribution in [2.24, 2.45) is 29.1 Å². The predicted molar refractivity (Wildman–Crippen MR) is 155 cm³/mol. The number of aliphatic hydroxyl groups is 1. The van der Waals surface area contributed by atoms with Gasteiger partial charge in [0, 0.05) is 43.1 Å².